The number of rotatable bonds is 4. The van der Waals surface area contributed by atoms with Gasteiger partial charge in [0.1, 0.15) is 5.76 Å². The van der Waals surface area contributed by atoms with E-state index >= 15 is 0 Å². The van der Waals surface area contributed by atoms with Crippen LogP contribution in [0.1, 0.15) is 32.9 Å². The zero-order chi connectivity index (χ0) is 14.9. The second-order valence-corrected chi connectivity index (χ2v) is 4.72. The van der Waals surface area contributed by atoms with Gasteiger partial charge in [0, 0.05) is 23.5 Å². The van der Waals surface area contributed by atoms with Crippen molar-refractivity contribution < 1.29 is 14.4 Å². The fourth-order valence-corrected chi connectivity index (χ4v) is 2.02. The number of carboxylic acids is 1. The van der Waals surface area contributed by atoms with Crippen molar-refractivity contribution in [3.63, 3.8) is 0 Å². The minimum atomic E-state index is -1.04. The SMILES string of the molecule is Cc1cc(NCc2c(C)noc2C)cc(C(=O)O)c1N. The molecule has 0 fully saturated rings. The normalized spacial score (nSPS) is 10.6. The number of nitrogens with one attached hydrogen (secondary N) is 1. The second-order valence-electron chi connectivity index (χ2n) is 4.72. The molecule has 2 aromatic rings. The highest BCUT2D eigenvalue weighted by Gasteiger charge is 2.13. The minimum Gasteiger partial charge on any atom is -0.478 e. The molecule has 1 aromatic carbocycles. The van der Waals surface area contributed by atoms with Gasteiger partial charge in [-0.2, -0.15) is 0 Å². The van der Waals surface area contributed by atoms with Crippen LogP contribution in [0.2, 0.25) is 0 Å². The first-order valence-electron chi connectivity index (χ1n) is 6.19. The molecular weight excluding hydrogens is 258 g/mol. The molecule has 20 heavy (non-hydrogen) atoms. The fraction of sp³-hybridized carbons (Fsp3) is 0.286. The molecule has 0 spiro atoms. The van der Waals surface area contributed by atoms with E-state index in [0.717, 1.165) is 22.6 Å². The number of aryl methyl sites for hydroxylation is 3. The van der Waals surface area contributed by atoms with E-state index in [2.05, 4.69) is 10.5 Å². The lowest BCUT2D eigenvalue weighted by Crippen LogP contribution is -2.07. The number of hydrogen-bond acceptors (Lipinski definition) is 5. The summed E-state index contributed by atoms with van der Waals surface area (Å²) in [4.78, 5) is 11.1. The first kappa shape index (κ1) is 13.9. The molecule has 6 nitrogen and oxygen atoms in total. The number of nitrogen functional groups attached to an aromatic ring is 1. The Morgan fingerprint density at radius 3 is 2.65 bits per heavy atom. The number of carboxylic acid groups (broad SMARTS) is 1. The molecule has 0 saturated carbocycles. The van der Waals surface area contributed by atoms with Gasteiger partial charge in [0.2, 0.25) is 0 Å². The van der Waals surface area contributed by atoms with Crippen LogP contribution < -0.4 is 11.1 Å². The number of nitrogens with two attached hydrogens (primary N) is 1. The van der Waals surface area contributed by atoms with Crippen LogP contribution in [0.3, 0.4) is 0 Å². The number of benzene rings is 1. The van der Waals surface area contributed by atoms with Crippen LogP contribution in [0.25, 0.3) is 0 Å². The van der Waals surface area contributed by atoms with Crippen LogP contribution in [0.15, 0.2) is 16.7 Å². The van der Waals surface area contributed by atoms with Gasteiger partial charge in [-0.25, -0.2) is 4.79 Å². The summed E-state index contributed by atoms with van der Waals surface area (Å²) >= 11 is 0. The van der Waals surface area contributed by atoms with Crippen LogP contribution >= 0.6 is 0 Å². The van der Waals surface area contributed by atoms with E-state index in [1.54, 1.807) is 6.92 Å². The van der Waals surface area contributed by atoms with E-state index < -0.39 is 5.97 Å². The number of aromatic carboxylic acids is 1. The molecule has 0 aliphatic rings. The van der Waals surface area contributed by atoms with Crippen molar-refractivity contribution in [1.29, 1.82) is 0 Å². The van der Waals surface area contributed by atoms with E-state index in [-0.39, 0.29) is 5.56 Å². The third kappa shape index (κ3) is 2.59. The van der Waals surface area contributed by atoms with Crippen molar-refractivity contribution in [2.45, 2.75) is 27.3 Å². The van der Waals surface area contributed by atoms with Crippen molar-refractivity contribution in [2.75, 3.05) is 11.1 Å². The van der Waals surface area contributed by atoms with Gasteiger partial charge < -0.3 is 20.7 Å². The molecule has 2 rings (SSSR count). The van der Waals surface area contributed by atoms with Crippen LogP contribution in [-0.4, -0.2) is 16.2 Å². The molecule has 0 unspecified atom stereocenters. The van der Waals surface area contributed by atoms with Crippen molar-refractivity contribution in [3.05, 3.63) is 40.3 Å². The summed E-state index contributed by atoms with van der Waals surface area (Å²) in [6.07, 6.45) is 0. The number of aromatic nitrogens is 1. The highest BCUT2D eigenvalue weighted by atomic mass is 16.5. The lowest BCUT2D eigenvalue weighted by atomic mass is 10.1. The van der Waals surface area contributed by atoms with Crippen molar-refractivity contribution in [1.82, 2.24) is 5.16 Å². The highest BCUT2D eigenvalue weighted by molar-refractivity contribution is 5.95. The summed E-state index contributed by atoms with van der Waals surface area (Å²) in [7, 11) is 0. The van der Waals surface area contributed by atoms with Gasteiger partial charge in [0.25, 0.3) is 0 Å². The maximum Gasteiger partial charge on any atom is 0.337 e. The van der Waals surface area contributed by atoms with Gasteiger partial charge in [0.15, 0.2) is 0 Å². The molecule has 0 radical (unpaired) electrons. The van der Waals surface area contributed by atoms with Crippen molar-refractivity contribution in [2.24, 2.45) is 0 Å². The fourth-order valence-electron chi connectivity index (χ4n) is 2.02. The molecule has 0 bridgehead atoms. The van der Waals surface area contributed by atoms with Gasteiger partial charge in [-0.3, -0.25) is 0 Å². The Balaban J connectivity index is 2.24. The molecular formula is C14H17N3O3. The highest BCUT2D eigenvalue weighted by Crippen LogP contribution is 2.24. The van der Waals surface area contributed by atoms with E-state index in [1.807, 2.05) is 19.9 Å². The Bertz CT molecular complexity index is 642. The summed E-state index contributed by atoms with van der Waals surface area (Å²) in [6.45, 7) is 6.00. The molecule has 4 N–H and O–H groups in total. The van der Waals surface area contributed by atoms with Gasteiger partial charge in [-0.05, 0) is 38.5 Å². The van der Waals surface area contributed by atoms with Crippen molar-refractivity contribution in [3.8, 4) is 0 Å². The number of hydrogen-bond donors (Lipinski definition) is 3. The predicted molar refractivity (Wildman–Crippen MR) is 75.9 cm³/mol. The molecule has 1 aromatic heterocycles. The zero-order valence-electron chi connectivity index (χ0n) is 11.7. The van der Waals surface area contributed by atoms with E-state index in [9.17, 15) is 4.79 Å². The van der Waals surface area contributed by atoms with E-state index in [0.29, 0.717) is 17.9 Å². The van der Waals surface area contributed by atoms with E-state index in [1.165, 1.54) is 6.07 Å². The third-order valence-corrected chi connectivity index (χ3v) is 3.27. The monoisotopic (exact) mass is 275 g/mol. The average Bonchev–Trinajstić information content (AvgIpc) is 2.70. The lowest BCUT2D eigenvalue weighted by Gasteiger charge is -2.11. The Morgan fingerprint density at radius 1 is 1.40 bits per heavy atom. The van der Waals surface area contributed by atoms with Gasteiger partial charge in [-0.15, -0.1) is 0 Å². The topological polar surface area (TPSA) is 101 Å². The Morgan fingerprint density at radius 2 is 2.10 bits per heavy atom. The molecule has 0 atom stereocenters. The summed E-state index contributed by atoms with van der Waals surface area (Å²) in [5, 5.41) is 16.2. The van der Waals surface area contributed by atoms with Crippen LogP contribution in [-0.2, 0) is 6.54 Å². The summed E-state index contributed by atoms with van der Waals surface area (Å²) in [6, 6.07) is 3.35. The number of carbonyl (C=O) groups is 1. The minimum absolute atomic E-state index is 0.103. The van der Waals surface area contributed by atoms with Crippen LogP contribution in [0.4, 0.5) is 11.4 Å². The van der Waals surface area contributed by atoms with E-state index in [4.69, 9.17) is 15.4 Å². The standard InChI is InChI=1S/C14H17N3O3/c1-7-4-10(5-11(13(7)15)14(18)19)16-6-12-8(2)17-20-9(12)3/h4-5,16H,6,15H2,1-3H3,(H,18,19). The molecule has 6 heteroatoms. The quantitative estimate of drug-likeness (QED) is 0.741. The first-order chi connectivity index (χ1) is 9.40. The largest absolute Gasteiger partial charge is 0.478 e. The van der Waals surface area contributed by atoms with Crippen molar-refractivity contribution >= 4 is 17.3 Å². The molecule has 0 aliphatic heterocycles. The summed E-state index contributed by atoms with van der Waals surface area (Å²) in [5.41, 5.74) is 9.37. The molecule has 0 aliphatic carbocycles. The Labute approximate surface area is 116 Å². The van der Waals surface area contributed by atoms with Gasteiger partial charge >= 0.3 is 5.97 Å². The summed E-state index contributed by atoms with van der Waals surface area (Å²) < 4.78 is 5.08. The number of anilines is 2. The van der Waals surface area contributed by atoms with Crippen LogP contribution in [0, 0.1) is 20.8 Å². The predicted octanol–water partition coefficient (Wildman–Crippen LogP) is 2.49. The Hall–Kier alpha value is -2.50. The number of nitrogens with zero attached hydrogens (tertiary/aromatic N) is 1. The Kier molecular flexibility index (Phi) is 3.65. The molecule has 0 amide bonds. The third-order valence-electron chi connectivity index (χ3n) is 3.27. The molecule has 106 valence electrons. The van der Waals surface area contributed by atoms with Gasteiger partial charge in [0.05, 0.1) is 11.3 Å². The van der Waals surface area contributed by atoms with Gasteiger partial charge in [-0.1, -0.05) is 5.16 Å². The summed E-state index contributed by atoms with van der Waals surface area (Å²) in [5.74, 6) is -0.285. The molecule has 1 heterocycles. The second kappa shape index (κ2) is 5.24. The van der Waals surface area contributed by atoms with Crippen LogP contribution in [0.5, 0.6) is 0 Å². The maximum atomic E-state index is 11.1. The maximum absolute atomic E-state index is 11.1. The zero-order valence-corrected chi connectivity index (χ0v) is 11.7. The average molecular weight is 275 g/mol. The molecule has 0 saturated heterocycles. The first-order valence-corrected chi connectivity index (χ1v) is 6.19. The lowest BCUT2D eigenvalue weighted by molar-refractivity contribution is 0.0698. The smallest absolute Gasteiger partial charge is 0.337 e.